The van der Waals surface area contributed by atoms with Gasteiger partial charge in [-0.15, -0.1) is 0 Å². The van der Waals surface area contributed by atoms with Crippen molar-refractivity contribution < 1.29 is 18.3 Å². The van der Waals surface area contributed by atoms with Gasteiger partial charge in [0.25, 0.3) is 0 Å². The lowest BCUT2D eigenvalue weighted by Gasteiger charge is -2.31. The summed E-state index contributed by atoms with van der Waals surface area (Å²) in [5.41, 5.74) is -0.234. The highest BCUT2D eigenvalue weighted by atomic mass is 35.5. The number of alkyl halides is 1. The quantitative estimate of drug-likeness (QED) is 0.662. The molecular weight excluding hydrogens is 428 g/mol. The summed E-state index contributed by atoms with van der Waals surface area (Å²) >= 11 is 5.94. The second-order valence-corrected chi connectivity index (χ2v) is 9.51. The Hall–Kier alpha value is -1.84. The minimum absolute atomic E-state index is 0.0922. The molecule has 0 bridgehead atoms. The van der Waals surface area contributed by atoms with Gasteiger partial charge in [-0.05, 0) is 25.8 Å². The van der Waals surface area contributed by atoms with Crippen molar-refractivity contribution >= 4 is 28.3 Å². The number of pyridine rings is 1. The average molecular weight is 452 g/mol. The van der Waals surface area contributed by atoms with Gasteiger partial charge in [-0.3, -0.25) is 4.90 Å². The molecule has 4 aliphatic rings. The van der Waals surface area contributed by atoms with E-state index in [1.807, 2.05) is 0 Å². The molecule has 1 saturated carbocycles. The molecule has 5 heterocycles. The van der Waals surface area contributed by atoms with Crippen molar-refractivity contribution in [1.82, 2.24) is 19.9 Å². The molecule has 0 N–H and O–H groups in total. The fourth-order valence-corrected chi connectivity index (χ4v) is 5.69. The molecule has 0 aromatic carbocycles. The van der Waals surface area contributed by atoms with Crippen molar-refractivity contribution in [2.75, 3.05) is 44.4 Å². The van der Waals surface area contributed by atoms with E-state index in [9.17, 15) is 8.78 Å². The van der Waals surface area contributed by atoms with Crippen molar-refractivity contribution in [2.24, 2.45) is 5.92 Å². The number of hydrogen-bond acceptors (Lipinski definition) is 7. The van der Waals surface area contributed by atoms with Crippen molar-refractivity contribution in [3.05, 3.63) is 17.2 Å². The second-order valence-electron chi connectivity index (χ2n) is 9.15. The maximum Gasteiger partial charge on any atom is 0.319 e. The Kier molecular flexibility index (Phi) is 4.70. The summed E-state index contributed by atoms with van der Waals surface area (Å²) in [7, 11) is 0. The highest BCUT2D eigenvalue weighted by Crippen LogP contribution is 2.43. The van der Waals surface area contributed by atoms with E-state index in [2.05, 4.69) is 24.8 Å². The van der Waals surface area contributed by atoms with E-state index < -0.39 is 12.0 Å². The minimum Gasteiger partial charge on any atom is -0.461 e. The molecule has 4 fully saturated rings. The van der Waals surface area contributed by atoms with E-state index >= 15 is 0 Å². The maximum atomic E-state index is 14.9. The lowest BCUT2D eigenvalue weighted by molar-refractivity contribution is 0.107. The van der Waals surface area contributed by atoms with Gasteiger partial charge in [0.1, 0.15) is 24.1 Å². The Morgan fingerprint density at radius 3 is 3.13 bits per heavy atom. The summed E-state index contributed by atoms with van der Waals surface area (Å²) in [6.45, 7) is 3.56. The van der Waals surface area contributed by atoms with Crippen LogP contribution < -0.4 is 9.64 Å². The topological polar surface area (TPSA) is 63.6 Å². The molecule has 0 amide bonds. The molecule has 0 radical (unpaired) electrons. The number of aromatic nitrogens is 3. The SMILES string of the molecule is Fc1c(Cl)ncc2c(N3CCOC[C@H]4C[C@H]43)nc(OC[C@@]34CCCN3C[C@H](F)C4)nc12. The van der Waals surface area contributed by atoms with Gasteiger partial charge >= 0.3 is 6.01 Å². The van der Waals surface area contributed by atoms with Crippen molar-refractivity contribution in [1.29, 1.82) is 0 Å². The van der Waals surface area contributed by atoms with Crippen LogP contribution in [0.5, 0.6) is 6.01 Å². The molecule has 0 spiro atoms. The first-order valence-electron chi connectivity index (χ1n) is 10.9. The number of ether oxygens (including phenoxy) is 2. The van der Waals surface area contributed by atoms with Crippen LogP contribution >= 0.6 is 11.6 Å². The van der Waals surface area contributed by atoms with Gasteiger partial charge in [0.05, 0.1) is 24.1 Å². The largest absolute Gasteiger partial charge is 0.461 e. The van der Waals surface area contributed by atoms with E-state index in [-0.39, 0.29) is 28.8 Å². The number of halogens is 3. The van der Waals surface area contributed by atoms with Crippen LogP contribution in [0.4, 0.5) is 14.6 Å². The van der Waals surface area contributed by atoms with Gasteiger partial charge in [0.2, 0.25) is 0 Å². The first-order valence-corrected chi connectivity index (χ1v) is 11.3. The van der Waals surface area contributed by atoms with Crippen LogP contribution in [0.1, 0.15) is 25.7 Å². The molecule has 2 aromatic rings. The van der Waals surface area contributed by atoms with Crippen LogP contribution in [0, 0.1) is 11.7 Å². The number of nitrogens with zero attached hydrogens (tertiary/aromatic N) is 5. The number of hydrogen-bond donors (Lipinski definition) is 0. The highest BCUT2D eigenvalue weighted by molar-refractivity contribution is 6.30. The molecule has 166 valence electrons. The van der Waals surface area contributed by atoms with E-state index in [1.54, 1.807) is 0 Å². The zero-order valence-corrected chi connectivity index (χ0v) is 17.8. The van der Waals surface area contributed by atoms with E-state index in [0.717, 1.165) is 32.4 Å². The molecule has 0 unspecified atom stereocenters. The zero-order valence-electron chi connectivity index (χ0n) is 17.1. The van der Waals surface area contributed by atoms with Crippen LogP contribution in [0.25, 0.3) is 10.9 Å². The predicted molar refractivity (Wildman–Crippen MR) is 111 cm³/mol. The first kappa shape index (κ1) is 19.8. The Morgan fingerprint density at radius 2 is 2.23 bits per heavy atom. The van der Waals surface area contributed by atoms with Gasteiger partial charge in [-0.25, -0.2) is 13.8 Å². The number of fused-ring (bicyclic) bond motifs is 3. The summed E-state index contributed by atoms with van der Waals surface area (Å²) in [5.74, 6) is 0.362. The lowest BCUT2D eigenvalue weighted by atomic mass is 9.95. The van der Waals surface area contributed by atoms with Crippen molar-refractivity contribution in [2.45, 2.75) is 43.4 Å². The standard InChI is InChI=1S/C21H24ClF2N5O2/c22-18-16(24)17-14(8-25-18)19(29-4-5-30-10-12-6-15(12)29)27-20(26-17)31-11-21-2-1-3-28(21)9-13(23)7-21/h8,12-13,15H,1-7,9-11H2/t12-,13-,15-,21+/m1/s1. The molecule has 3 saturated heterocycles. The van der Waals surface area contributed by atoms with Gasteiger partial charge in [-0.1, -0.05) is 11.6 Å². The minimum atomic E-state index is -0.844. The van der Waals surface area contributed by atoms with Gasteiger partial charge in [-0.2, -0.15) is 9.97 Å². The molecule has 3 aliphatic heterocycles. The second kappa shape index (κ2) is 7.35. The monoisotopic (exact) mass is 451 g/mol. The van der Waals surface area contributed by atoms with E-state index in [1.165, 1.54) is 6.20 Å². The third-order valence-corrected chi connectivity index (χ3v) is 7.46. The van der Waals surface area contributed by atoms with Gasteiger partial charge in [0.15, 0.2) is 11.0 Å². The third-order valence-electron chi connectivity index (χ3n) is 7.20. The Balaban J connectivity index is 1.37. The smallest absolute Gasteiger partial charge is 0.319 e. The third kappa shape index (κ3) is 3.32. The average Bonchev–Trinajstić information content (AvgIpc) is 3.36. The Bertz CT molecular complexity index is 1030. The zero-order chi connectivity index (χ0) is 21.2. The van der Waals surface area contributed by atoms with Crippen LogP contribution in [0.3, 0.4) is 0 Å². The first-order chi connectivity index (χ1) is 15.0. The maximum absolute atomic E-state index is 14.9. The predicted octanol–water partition coefficient (Wildman–Crippen LogP) is 3.00. The molecule has 7 nitrogen and oxygen atoms in total. The Morgan fingerprint density at radius 1 is 1.32 bits per heavy atom. The van der Waals surface area contributed by atoms with Crippen LogP contribution in [-0.2, 0) is 4.74 Å². The van der Waals surface area contributed by atoms with Crippen LogP contribution in [-0.4, -0.2) is 77.1 Å². The molecule has 31 heavy (non-hydrogen) atoms. The van der Waals surface area contributed by atoms with E-state index in [0.29, 0.717) is 49.3 Å². The lowest BCUT2D eigenvalue weighted by Crippen LogP contribution is -2.43. The van der Waals surface area contributed by atoms with Crippen LogP contribution in [0.2, 0.25) is 5.15 Å². The van der Waals surface area contributed by atoms with Gasteiger partial charge in [0, 0.05) is 37.7 Å². The van der Waals surface area contributed by atoms with Crippen LogP contribution in [0.15, 0.2) is 6.20 Å². The molecule has 10 heteroatoms. The fraction of sp³-hybridized carbons (Fsp3) is 0.667. The molecule has 4 atom stereocenters. The molecule has 2 aromatic heterocycles. The summed E-state index contributed by atoms with van der Waals surface area (Å²) < 4.78 is 40.7. The normalized spacial score (nSPS) is 32.7. The highest BCUT2D eigenvalue weighted by Gasteiger charge is 2.49. The Labute approximate surface area is 183 Å². The molecular formula is C21H24ClF2N5O2. The summed E-state index contributed by atoms with van der Waals surface area (Å²) in [6.07, 6.45) is 4.04. The van der Waals surface area contributed by atoms with Crippen molar-refractivity contribution in [3.8, 4) is 6.01 Å². The van der Waals surface area contributed by atoms with E-state index in [4.69, 9.17) is 21.1 Å². The van der Waals surface area contributed by atoms with Gasteiger partial charge < -0.3 is 14.4 Å². The fourth-order valence-electron chi connectivity index (χ4n) is 5.55. The van der Waals surface area contributed by atoms with Crippen molar-refractivity contribution in [3.63, 3.8) is 0 Å². The number of anilines is 1. The summed E-state index contributed by atoms with van der Waals surface area (Å²) in [5, 5.41) is 0.273. The molecule has 1 aliphatic carbocycles. The summed E-state index contributed by atoms with van der Waals surface area (Å²) in [4.78, 5) is 17.3. The number of rotatable bonds is 4. The summed E-state index contributed by atoms with van der Waals surface area (Å²) in [6, 6.07) is 0.396. The molecule has 6 rings (SSSR count).